The lowest BCUT2D eigenvalue weighted by Gasteiger charge is -2.25. The zero-order chi connectivity index (χ0) is 23.7. The molecular weight excluding hydrogens is 445 g/mol. The Kier molecular flexibility index (Phi) is 6.09. The fourth-order valence-corrected chi connectivity index (χ4v) is 3.91. The largest absolute Gasteiger partial charge is 0.488 e. The predicted molar refractivity (Wildman–Crippen MR) is 124 cm³/mol. The molecule has 34 heavy (non-hydrogen) atoms. The number of hydrogen-bond donors (Lipinski definition) is 4. The van der Waals surface area contributed by atoms with E-state index in [9.17, 15) is 18.8 Å². The summed E-state index contributed by atoms with van der Waals surface area (Å²) in [5.41, 5.74) is 2.19. The number of halogens is 2. The van der Waals surface area contributed by atoms with Crippen molar-refractivity contribution >= 4 is 47.0 Å². The standard InChI is InChI=1S/C22H21BF2N6O3/c24-14-3-6-18(17(25)11-14)28-22-29-19-12-26-21(27-15-4-1-13(2-5-15)23(32)33)30-20(19)31(22)16-7-9-34-10-8-16/h1-6,11-12,16,32-33H,7-10H2,(H,28,29)(H,26,27,30). The highest BCUT2D eigenvalue weighted by Crippen LogP contribution is 2.32. The van der Waals surface area contributed by atoms with Crippen LogP contribution in [0.3, 0.4) is 0 Å². The highest BCUT2D eigenvalue weighted by Gasteiger charge is 2.24. The fourth-order valence-electron chi connectivity index (χ4n) is 3.91. The summed E-state index contributed by atoms with van der Waals surface area (Å²) < 4.78 is 35.1. The summed E-state index contributed by atoms with van der Waals surface area (Å²) in [6, 6.07) is 9.85. The lowest BCUT2D eigenvalue weighted by molar-refractivity contribution is 0.0710. The second kappa shape index (κ2) is 9.33. The molecule has 2 aromatic heterocycles. The van der Waals surface area contributed by atoms with Crippen LogP contribution in [0.15, 0.2) is 48.7 Å². The van der Waals surface area contributed by atoms with Gasteiger partial charge in [-0.15, -0.1) is 0 Å². The molecule has 0 amide bonds. The van der Waals surface area contributed by atoms with Gasteiger partial charge in [-0.1, -0.05) is 12.1 Å². The van der Waals surface area contributed by atoms with Gasteiger partial charge in [-0.25, -0.2) is 18.7 Å². The molecule has 4 N–H and O–H groups in total. The Morgan fingerprint density at radius 3 is 2.47 bits per heavy atom. The van der Waals surface area contributed by atoms with Crippen LogP contribution in [0.5, 0.6) is 0 Å². The van der Waals surface area contributed by atoms with Crippen LogP contribution in [-0.2, 0) is 4.74 Å². The number of nitrogens with one attached hydrogen (secondary N) is 2. The summed E-state index contributed by atoms with van der Waals surface area (Å²) in [5.74, 6) is -0.697. The Bertz CT molecular complexity index is 1310. The number of rotatable bonds is 6. The van der Waals surface area contributed by atoms with Crippen LogP contribution in [0.1, 0.15) is 18.9 Å². The van der Waals surface area contributed by atoms with Crippen LogP contribution in [0, 0.1) is 11.6 Å². The van der Waals surface area contributed by atoms with E-state index in [4.69, 9.17) is 4.74 Å². The first-order valence-corrected chi connectivity index (χ1v) is 10.8. The van der Waals surface area contributed by atoms with Gasteiger partial charge in [0, 0.05) is 31.0 Å². The first-order chi connectivity index (χ1) is 16.5. The molecule has 0 radical (unpaired) electrons. The second-order valence-corrected chi connectivity index (χ2v) is 7.92. The van der Waals surface area contributed by atoms with Crippen molar-refractivity contribution < 1.29 is 23.6 Å². The number of fused-ring (bicyclic) bond motifs is 1. The number of anilines is 4. The van der Waals surface area contributed by atoms with Gasteiger partial charge in [-0.3, -0.25) is 4.57 Å². The van der Waals surface area contributed by atoms with Gasteiger partial charge in [0.05, 0.1) is 11.9 Å². The number of ether oxygens (including phenoxy) is 1. The van der Waals surface area contributed by atoms with Gasteiger partial charge in [-0.2, -0.15) is 4.98 Å². The molecule has 1 fully saturated rings. The van der Waals surface area contributed by atoms with Crippen molar-refractivity contribution in [1.82, 2.24) is 19.5 Å². The molecule has 0 spiro atoms. The third-order valence-electron chi connectivity index (χ3n) is 5.63. The Morgan fingerprint density at radius 2 is 1.76 bits per heavy atom. The molecule has 9 nitrogen and oxygen atoms in total. The summed E-state index contributed by atoms with van der Waals surface area (Å²) in [4.78, 5) is 13.5. The van der Waals surface area contributed by atoms with Crippen LogP contribution in [0.2, 0.25) is 0 Å². The van der Waals surface area contributed by atoms with Gasteiger partial charge in [-0.05, 0) is 42.6 Å². The van der Waals surface area contributed by atoms with Crippen molar-refractivity contribution in [3.63, 3.8) is 0 Å². The summed E-state index contributed by atoms with van der Waals surface area (Å²) in [6.45, 7) is 1.15. The fraction of sp³-hybridized carbons (Fsp3) is 0.227. The molecule has 5 rings (SSSR count). The zero-order valence-corrected chi connectivity index (χ0v) is 17.9. The quantitative estimate of drug-likeness (QED) is 0.321. The van der Waals surface area contributed by atoms with Crippen molar-refractivity contribution in [3.8, 4) is 0 Å². The van der Waals surface area contributed by atoms with E-state index < -0.39 is 18.8 Å². The lowest BCUT2D eigenvalue weighted by atomic mass is 9.80. The molecule has 0 atom stereocenters. The SMILES string of the molecule is OB(O)c1ccc(Nc2ncc3nc(Nc4ccc(F)cc4F)n(C4CCOCC4)c3n2)cc1. The van der Waals surface area contributed by atoms with Crippen LogP contribution >= 0.6 is 0 Å². The van der Waals surface area contributed by atoms with Crippen molar-refractivity contribution in [2.75, 3.05) is 23.8 Å². The smallest absolute Gasteiger partial charge is 0.423 e. The van der Waals surface area contributed by atoms with E-state index in [2.05, 4.69) is 25.6 Å². The van der Waals surface area contributed by atoms with Crippen molar-refractivity contribution in [2.45, 2.75) is 18.9 Å². The maximum Gasteiger partial charge on any atom is 0.488 e. The number of benzene rings is 2. The maximum absolute atomic E-state index is 14.3. The van der Waals surface area contributed by atoms with Gasteiger partial charge in [0.25, 0.3) is 0 Å². The van der Waals surface area contributed by atoms with Crippen LogP contribution < -0.4 is 16.1 Å². The molecule has 4 aromatic rings. The third-order valence-corrected chi connectivity index (χ3v) is 5.63. The molecule has 1 aliphatic rings. The van der Waals surface area contributed by atoms with Gasteiger partial charge >= 0.3 is 7.12 Å². The number of hydrogen-bond acceptors (Lipinski definition) is 8. The average molecular weight is 466 g/mol. The number of imidazole rings is 1. The highest BCUT2D eigenvalue weighted by atomic mass is 19.1. The second-order valence-electron chi connectivity index (χ2n) is 7.92. The summed E-state index contributed by atoms with van der Waals surface area (Å²) in [5, 5.41) is 24.6. The molecule has 3 heterocycles. The normalized spacial score (nSPS) is 14.4. The summed E-state index contributed by atoms with van der Waals surface area (Å²) >= 11 is 0. The zero-order valence-electron chi connectivity index (χ0n) is 17.9. The Morgan fingerprint density at radius 1 is 1.00 bits per heavy atom. The summed E-state index contributed by atoms with van der Waals surface area (Å²) in [7, 11) is -1.55. The Labute approximate surface area is 193 Å². The van der Waals surface area contributed by atoms with Gasteiger partial charge in [0.15, 0.2) is 5.65 Å². The monoisotopic (exact) mass is 466 g/mol. The third kappa shape index (κ3) is 4.56. The summed E-state index contributed by atoms with van der Waals surface area (Å²) in [6.07, 6.45) is 3.02. The topological polar surface area (TPSA) is 117 Å². The van der Waals surface area contributed by atoms with E-state index in [0.29, 0.717) is 47.4 Å². The van der Waals surface area contributed by atoms with E-state index in [-0.39, 0.29) is 11.7 Å². The molecule has 0 unspecified atom stereocenters. The van der Waals surface area contributed by atoms with E-state index in [0.717, 1.165) is 18.9 Å². The minimum atomic E-state index is -1.55. The van der Waals surface area contributed by atoms with Crippen LogP contribution in [0.4, 0.5) is 32.1 Å². The Balaban J connectivity index is 1.51. The van der Waals surface area contributed by atoms with E-state index in [1.807, 2.05) is 4.57 Å². The molecule has 0 aliphatic carbocycles. The molecule has 0 bridgehead atoms. The minimum Gasteiger partial charge on any atom is -0.423 e. The maximum atomic E-state index is 14.3. The van der Waals surface area contributed by atoms with Gasteiger partial charge < -0.3 is 25.4 Å². The van der Waals surface area contributed by atoms with Crippen molar-refractivity contribution in [2.24, 2.45) is 0 Å². The molecule has 1 aliphatic heterocycles. The van der Waals surface area contributed by atoms with E-state index in [1.165, 1.54) is 12.1 Å². The minimum absolute atomic E-state index is 0.0119. The van der Waals surface area contributed by atoms with Crippen LogP contribution in [-0.4, -0.2) is 49.9 Å². The molecule has 2 aromatic carbocycles. The molecule has 1 saturated heterocycles. The first-order valence-electron chi connectivity index (χ1n) is 10.8. The molecule has 12 heteroatoms. The van der Waals surface area contributed by atoms with E-state index in [1.54, 1.807) is 30.5 Å². The Hall–Kier alpha value is -3.61. The number of nitrogens with zero attached hydrogens (tertiary/aromatic N) is 4. The average Bonchev–Trinajstić information content (AvgIpc) is 3.19. The van der Waals surface area contributed by atoms with Crippen LogP contribution in [0.25, 0.3) is 11.2 Å². The van der Waals surface area contributed by atoms with Crippen molar-refractivity contribution in [1.29, 1.82) is 0 Å². The first kappa shape index (κ1) is 22.2. The molecule has 0 saturated carbocycles. The van der Waals surface area contributed by atoms with Crippen molar-refractivity contribution in [3.05, 3.63) is 60.3 Å². The van der Waals surface area contributed by atoms with E-state index >= 15 is 0 Å². The van der Waals surface area contributed by atoms with Gasteiger partial charge in [0.1, 0.15) is 17.2 Å². The number of aromatic nitrogens is 4. The highest BCUT2D eigenvalue weighted by molar-refractivity contribution is 6.58. The molecular formula is C22H21BF2N6O3. The molecule has 174 valence electrons. The van der Waals surface area contributed by atoms with Gasteiger partial charge in [0.2, 0.25) is 11.9 Å². The predicted octanol–water partition coefficient (Wildman–Crippen LogP) is 2.62. The lowest BCUT2D eigenvalue weighted by Crippen LogP contribution is -2.29.